The quantitative estimate of drug-likeness (QED) is 0.841. The lowest BCUT2D eigenvalue weighted by Gasteiger charge is -2.05. The Morgan fingerprint density at radius 1 is 1.06 bits per heavy atom. The topological polar surface area (TPSA) is 24.9 Å². The zero-order valence-corrected chi connectivity index (χ0v) is 8.67. The third kappa shape index (κ3) is 1.86. The lowest BCUT2D eigenvalue weighted by molar-refractivity contribution is 0.511. The molecule has 0 bridgehead atoms. The maximum Gasteiger partial charge on any atom is 0.168 e. The van der Waals surface area contributed by atoms with Gasteiger partial charge in [0.1, 0.15) is 5.82 Å². The van der Waals surface area contributed by atoms with E-state index in [2.05, 4.69) is 10.3 Å². The molecule has 0 unspecified atom stereocenters. The van der Waals surface area contributed by atoms with Crippen LogP contribution in [-0.2, 0) is 0 Å². The van der Waals surface area contributed by atoms with Crippen molar-refractivity contribution >= 4 is 5.82 Å². The minimum atomic E-state index is -0.872. The molecule has 0 radical (unpaired) electrons. The van der Waals surface area contributed by atoms with Gasteiger partial charge in [0, 0.05) is 12.6 Å². The molecule has 0 aliphatic rings. The Hall–Kier alpha value is -1.97. The second kappa shape index (κ2) is 4.26. The van der Waals surface area contributed by atoms with Crippen molar-refractivity contribution in [1.29, 1.82) is 0 Å². The molecule has 0 saturated carbocycles. The summed E-state index contributed by atoms with van der Waals surface area (Å²) in [4.78, 5) is 4.15. The van der Waals surface area contributed by atoms with Crippen molar-refractivity contribution in [3.63, 3.8) is 0 Å². The molecule has 0 atom stereocenters. The summed E-state index contributed by atoms with van der Waals surface area (Å²) in [5.74, 6) is -1.13. The van der Waals surface area contributed by atoms with Crippen LogP contribution in [0.25, 0.3) is 11.3 Å². The van der Waals surface area contributed by atoms with E-state index in [-0.39, 0.29) is 5.56 Å². The van der Waals surface area contributed by atoms with Crippen molar-refractivity contribution in [3.05, 3.63) is 48.0 Å². The summed E-state index contributed by atoms with van der Waals surface area (Å²) in [5.41, 5.74) is 0.570. The summed E-state index contributed by atoms with van der Waals surface area (Å²) >= 11 is 0. The first-order valence-electron chi connectivity index (χ1n) is 4.81. The molecule has 2 aromatic rings. The van der Waals surface area contributed by atoms with E-state index in [1.165, 1.54) is 12.1 Å². The van der Waals surface area contributed by atoms with Crippen LogP contribution in [0.1, 0.15) is 0 Å². The number of pyridine rings is 1. The van der Waals surface area contributed by atoms with Gasteiger partial charge in [-0.25, -0.2) is 13.8 Å². The van der Waals surface area contributed by atoms with E-state index in [4.69, 9.17) is 0 Å². The Balaban J connectivity index is 2.54. The molecule has 0 aliphatic heterocycles. The number of aromatic nitrogens is 1. The largest absolute Gasteiger partial charge is 0.373 e. The summed E-state index contributed by atoms with van der Waals surface area (Å²) in [7, 11) is 1.72. The van der Waals surface area contributed by atoms with E-state index >= 15 is 0 Å². The van der Waals surface area contributed by atoms with Gasteiger partial charge in [0.15, 0.2) is 11.6 Å². The van der Waals surface area contributed by atoms with Gasteiger partial charge >= 0.3 is 0 Å². The molecule has 1 aromatic carbocycles. The zero-order chi connectivity index (χ0) is 11.5. The van der Waals surface area contributed by atoms with Crippen molar-refractivity contribution in [2.45, 2.75) is 0 Å². The molecule has 4 heteroatoms. The maximum absolute atomic E-state index is 13.5. The van der Waals surface area contributed by atoms with E-state index in [0.717, 1.165) is 6.07 Å². The van der Waals surface area contributed by atoms with Crippen LogP contribution in [0.15, 0.2) is 36.4 Å². The molecule has 0 fully saturated rings. The van der Waals surface area contributed by atoms with Crippen molar-refractivity contribution in [2.24, 2.45) is 0 Å². The number of nitrogens with zero attached hydrogens (tertiary/aromatic N) is 1. The van der Waals surface area contributed by atoms with Gasteiger partial charge in [-0.3, -0.25) is 0 Å². The van der Waals surface area contributed by atoms with E-state index < -0.39 is 11.6 Å². The van der Waals surface area contributed by atoms with Crippen LogP contribution in [0, 0.1) is 11.6 Å². The number of benzene rings is 1. The molecule has 0 saturated heterocycles. The predicted molar refractivity (Wildman–Crippen MR) is 59.1 cm³/mol. The third-order valence-corrected chi connectivity index (χ3v) is 2.23. The van der Waals surface area contributed by atoms with Gasteiger partial charge in [-0.1, -0.05) is 12.1 Å². The number of nitrogens with one attached hydrogen (secondary N) is 1. The normalized spacial score (nSPS) is 10.2. The van der Waals surface area contributed by atoms with Gasteiger partial charge in [0.05, 0.1) is 5.69 Å². The smallest absolute Gasteiger partial charge is 0.168 e. The monoisotopic (exact) mass is 220 g/mol. The fraction of sp³-hybridized carbons (Fsp3) is 0.0833. The van der Waals surface area contributed by atoms with Crippen LogP contribution >= 0.6 is 0 Å². The average Bonchev–Trinajstić information content (AvgIpc) is 2.33. The molecular weight excluding hydrogens is 210 g/mol. The van der Waals surface area contributed by atoms with Crippen LogP contribution in [0.3, 0.4) is 0 Å². The molecule has 2 rings (SSSR count). The van der Waals surface area contributed by atoms with Crippen LogP contribution in [0.5, 0.6) is 0 Å². The highest BCUT2D eigenvalue weighted by atomic mass is 19.2. The summed E-state index contributed by atoms with van der Waals surface area (Å²) in [6.07, 6.45) is 0. The lowest BCUT2D eigenvalue weighted by Crippen LogP contribution is -1.95. The van der Waals surface area contributed by atoms with Gasteiger partial charge in [-0.15, -0.1) is 0 Å². The Morgan fingerprint density at radius 2 is 1.81 bits per heavy atom. The average molecular weight is 220 g/mol. The van der Waals surface area contributed by atoms with Gasteiger partial charge in [0.2, 0.25) is 0 Å². The van der Waals surface area contributed by atoms with Gasteiger partial charge in [-0.2, -0.15) is 0 Å². The Morgan fingerprint density at radius 3 is 2.56 bits per heavy atom. The second-order valence-electron chi connectivity index (χ2n) is 3.26. The van der Waals surface area contributed by atoms with Crippen LogP contribution in [-0.4, -0.2) is 12.0 Å². The Labute approximate surface area is 92.0 Å². The predicted octanol–water partition coefficient (Wildman–Crippen LogP) is 3.07. The van der Waals surface area contributed by atoms with Crippen molar-refractivity contribution < 1.29 is 8.78 Å². The number of hydrogen-bond donors (Lipinski definition) is 1. The maximum atomic E-state index is 13.5. The Kier molecular flexibility index (Phi) is 2.81. The highest BCUT2D eigenvalue weighted by molar-refractivity contribution is 5.61. The minimum Gasteiger partial charge on any atom is -0.373 e. The molecule has 0 spiro atoms. The zero-order valence-electron chi connectivity index (χ0n) is 8.67. The summed E-state index contributed by atoms with van der Waals surface area (Å²) in [6, 6.07) is 9.17. The fourth-order valence-corrected chi connectivity index (χ4v) is 1.43. The number of rotatable bonds is 2. The SMILES string of the molecule is CNc1cccc(-c2cccc(F)c2F)n1. The van der Waals surface area contributed by atoms with Crippen LogP contribution in [0.4, 0.5) is 14.6 Å². The number of anilines is 1. The first-order valence-corrected chi connectivity index (χ1v) is 4.81. The molecule has 1 N–H and O–H groups in total. The van der Waals surface area contributed by atoms with E-state index in [1.54, 1.807) is 25.2 Å². The highest BCUT2D eigenvalue weighted by Crippen LogP contribution is 2.23. The van der Waals surface area contributed by atoms with E-state index in [1.807, 2.05) is 0 Å². The van der Waals surface area contributed by atoms with E-state index in [9.17, 15) is 8.78 Å². The first-order chi connectivity index (χ1) is 7.72. The van der Waals surface area contributed by atoms with Crippen LogP contribution < -0.4 is 5.32 Å². The van der Waals surface area contributed by atoms with Crippen LogP contribution in [0.2, 0.25) is 0 Å². The lowest BCUT2D eigenvalue weighted by atomic mass is 10.1. The highest BCUT2D eigenvalue weighted by Gasteiger charge is 2.10. The molecule has 2 nitrogen and oxygen atoms in total. The fourth-order valence-electron chi connectivity index (χ4n) is 1.43. The van der Waals surface area contributed by atoms with E-state index in [0.29, 0.717) is 11.5 Å². The molecule has 82 valence electrons. The van der Waals surface area contributed by atoms with Crippen molar-refractivity contribution in [3.8, 4) is 11.3 Å². The number of hydrogen-bond acceptors (Lipinski definition) is 2. The van der Waals surface area contributed by atoms with Crippen molar-refractivity contribution in [2.75, 3.05) is 12.4 Å². The van der Waals surface area contributed by atoms with Crippen molar-refractivity contribution in [1.82, 2.24) is 4.98 Å². The number of halogens is 2. The van der Waals surface area contributed by atoms with Gasteiger partial charge in [-0.05, 0) is 24.3 Å². The van der Waals surface area contributed by atoms with Gasteiger partial charge in [0.25, 0.3) is 0 Å². The second-order valence-corrected chi connectivity index (χ2v) is 3.26. The summed E-state index contributed by atoms with van der Waals surface area (Å²) in [6.45, 7) is 0. The molecule has 1 aromatic heterocycles. The third-order valence-electron chi connectivity index (χ3n) is 2.23. The molecule has 0 amide bonds. The standard InChI is InChI=1S/C12H10F2N2/c1-15-11-7-3-6-10(16-11)8-4-2-5-9(13)12(8)14/h2-7H,1H3,(H,15,16). The summed E-state index contributed by atoms with van der Waals surface area (Å²) < 4.78 is 26.5. The first kappa shape index (κ1) is 10.5. The molecular formula is C12H10F2N2. The molecule has 16 heavy (non-hydrogen) atoms. The summed E-state index contributed by atoms with van der Waals surface area (Å²) in [5, 5.41) is 2.84. The Bertz CT molecular complexity index is 512. The molecule has 1 heterocycles. The molecule has 0 aliphatic carbocycles. The van der Waals surface area contributed by atoms with Gasteiger partial charge < -0.3 is 5.32 Å². The minimum absolute atomic E-state index is 0.164.